The summed E-state index contributed by atoms with van der Waals surface area (Å²) >= 11 is 5.82. The van der Waals surface area contributed by atoms with Crippen molar-refractivity contribution in [2.75, 3.05) is 0 Å². The van der Waals surface area contributed by atoms with E-state index in [9.17, 15) is 0 Å². The van der Waals surface area contributed by atoms with Gasteiger partial charge in [-0.3, -0.25) is 4.98 Å². The molecule has 3 aromatic rings. The summed E-state index contributed by atoms with van der Waals surface area (Å²) in [6.07, 6.45) is 3.61. The van der Waals surface area contributed by atoms with Gasteiger partial charge in [0.25, 0.3) is 0 Å². The minimum atomic E-state index is 0.536. The fourth-order valence-corrected chi connectivity index (χ4v) is 2.44. The highest BCUT2D eigenvalue weighted by molar-refractivity contribution is 6.17. The smallest absolute Gasteiger partial charge is 0.141 e. The van der Waals surface area contributed by atoms with Crippen LogP contribution in [0.5, 0.6) is 0 Å². The van der Waals surface area contributed by atoms with Crippen LogP contribution in [0.25, 0.3) is 22.4 Å². The van der Waals surface area contributed by atoms with E-state index in [1.165, 1.54) is 0 Å². The Hall–Kier alpha value is -1.87. The van der Waals surface area contributed by atoms with E-state index < -0.39 is 0 Å². The van der Waals surface area contributed by atoms with E-state index in [1.807, 2.05) is 18.2 Å². The molecule has 2 aromatic heterocycles. The lowest BCUT2D eigenvalue weighted by Gasteiger charge is -2.06. The van der Waals surface area contributed by atoms with Crippen LogP contribution in [0.2, 0.25) is 0 Å². The van der Waals surface area contributed by atoms with Gasteiger partial charge in [0.2, 0.25) is 0 Å². The topological polar surface area (TPSA) is 30.7 Å². The maximum Gasteiger partial charge on any atom is 0.141 e. The summed E-state index contributed by atoms with van der Waals surface area (Å²) < 4.78 is 2.20. The molecule has 0 aliphatic carbocycles. The van der Waals surface area contributed by atoms with Crippen molar-refractivity contribution in [3.8, 4) is 11.4 Å². The van der Waals surface area contributed by atoms with E-state index in [4.69, 9.17) is 11.6 Å². The van der Waals surface area contributed by atoms with Crippen molar-refractivity contribution in [3.05, 3.63) is 48.3 Å². The summed E-state index contributed by atoms with van der Waals surface area (Å²) in [4.78, 5) is 8.81. The van der Waals surface area contributed by atoms with E-state index in [2.05, 4.69) is 33.6 Å². The normalized spacial score (nSPS) is 11.1. The van der Waals surface area contributed by atoms with Gasteiger partial charge in [-0.1, -0.05) is 24.3 Å². The molecule has 2 heterocycles. The minimum absolute atomic E-state index is 0.536. The van der Waals surface area contributed by atoms with Crippen LogP contribution >= 0.6 is 11.6 Å². The summed E-state index contributed by atoms with van der Waals surface area (Å²) in [5.74, 6) is 1.51. The molecule has 96 valence electrons. The summed E-state index contributed by atoms with van der Waals surface area (Å²) in [5.41, 5.74) is 4.27. The highest BCUT2D eigenvalue weighted by atomic mass is 35.5. The largest absolute Gasteiger partial charge is 0.324 e. The van der Waals surface area contributed by atoms with Crippen LogP contribution in [0.15, 0.2) is 42.7 Å². The van der Waals surface area contributed by atoms with Gasteiger partial charge in [-0.2, -0.15) is 0 Å². The first kappa shape index (κ1) is 12.2. The van der Waals surface area contributed by atoms with Crippen molar-refractivity contribution >= 4 is 22.6 Å². The fraction of sp³-hybridized carbons (Fsp3) is 0.200. The van der Waals surface area contributed by atoms with Crippen LogP contribution in [-0.4, -0.2) is 14.5 Å². The first-order chi connectivity index (χ1) is 9.33. The Kier molecular flexibility index (Phi) is 3.22. The standard InChI is InChI=1S/C15H14ClN3/c1-2-19-14-7-8-17-10-13(14)18-15(19)12-5-3-11(9-16)4-6-12/h3-8,10H,2,9H2,1H3. The maximum atomic E-state index is 5.82. The summed E-state index contributed by atoms with van der Waals surface area (Å²) in [5, 5.41) is 0. The van der Waals surface area contributed by atoms with E-state index in [0.29, 0.717) is 5.88 Å². The third-order valence-electron chi connectivity index (χ3n) is 3.23. The molecule has 0 atom stereocenters. The van der Waals surface area contributed by atoms with Gasteiger partial charge in [-0.25, -0.2) is 4.98 Å². The van der Waals surface area contributed by atoms with E-state index in [1.54, 1.807) is 12.4 Å². The first-order valence-corrected chi connectivity index (χ1v) is 6.82. The van der Waals surface area contributed by atoms with Gasteiger partial charge in [0.1, 0.15) is 11.3 Å². The number of fused-ring (bicyclic) bond motifs is 1. The Morgan fingerprint density at radius 3 is 2.63 bits per heavy atom. The number of aromatic nitrogens is 3. The third-order valence-corrected chi connectivity index (χ3v) is 3.54. The second-order valence-electron chi connectivity index (χ2n) is 4.37. The average Bonchev–Trinajstić information content (AvgIpc) is 2.85. The van der Waals surface area contributed by atoms with Crippen LogP contribution in [0.4, 0.5) is 0 Å². The monoisotopic (exact) mass is 271 g/mol. The lowest BCUT2D eigenvalue weighted by atomic mass is 10.1. The van der Waals surface area contributed by atoms with Gasteiger partial charge >= 0.3 is 0 Å². The lowest BCUT2D eigenvalue weighted by Crippen LogP contribution is -1.97. The zero-order valence-corrected chi connectivity index (χ0v) is 11.4. The zero-order valence-electron chi connectivity index (χ0n) is 10.7. The van der Waals surface area contributed by atoms with Crippen LogP contribution in [0.3, 0.4) is 0 Å². The number of alkyl halides is 1. The fourth-order valence-electron chi connectivity index (χ4n) is 2.27. The van der Waals surface area contributed by atoms with E-state index >= 15 is 0 Å². The molecular weight excluding hydrogens is 258 g/mol. The first-order valence-electron chi connectivity index (χ1n) is 6.29. The van der Waals surface area contributed by atoms with Gasteiger partial charge in [-0.15, -0.1) is 11.6 Å². The highest BCUT2D eigenvalue weighted by Gasteiger charge is 2.10. The molecule has 3 rings (SSSR count). The molecule has 4 heteroatoms. The van der Waals surface area contributed by atoms with Crippen molar-refractivity contribution in [2.45, 2.75) is 19.3 Å². The van der Waals surface area contributed by atoms with Crippen LogP contribution in [-0.2, 0) is 12.4 Å². The molecule has 1 aromatic carbocycles. The summed E-state index contributed by atoms with van der Waals surface area (Å²) in [6, 6.07) is 10.2. The quantitative estimate of drug-likeness (QED) is 0.677. The van der Waals surface area contributed by atoms with Crippen LogP contribution in [0, 0.1) is 0 Å². The van der Waals surface area contributed by atoms with Crippen LogP contribution in [0.1, 0.15) is 12.5 Å². The highest BCUT2D eigenvalue weighted by Crippen LogP contribution is 2.24. The molecular formula is C15H14ClN3. The third kappa shape index (κ3) is 2.10. The van der Waals surface area contributed by atoms with E-state index in [-0.39, 0.29) is 0 Å². The van der Waals surface area contributed by atoms with Gasteiger partial charge in [-0.05, 0) is 18.6 Å². The molecule has 0 aliphatic rings. The SMILES string of the molecule is CCn1c(-c2ccc(CCl)cc2)nc2cnccc21. The minimum Gasteiger partial charge on any atom is -0.324 e. The Morgan fingerprint density at radius 2 is 1.95 bits per heavy atom. The van der Waals surface area contributed by atoms with Gasteiger partial charge in [0.05, 0.1) is 11.7 Å². The average molecular weight is 272 g/mol. The predicted molar refractivity (Wildman–Crippen MR) is 78.2 cm³/mol. The molecule has 0 unspecified atom stereocenters. The molecule has 0 amide bonds. The van der Waals surface area contributed by atoms with Crippen molar-refractivity contribution in [3.63, 3.8) is 0 Å². The molecule has 0 N–H and O–H groups in total. The predicted octanol–water partition coefficient (Wildman–Crippen LogP) is 3.86. The molecule has 0 saturated carbocycles. The molecule has 3 nitrogen and oxygen atoms in total. The van der Waals surface area contributed by atoms with E-state index in [0.717, 1.165) is 34.5 Å². The zero-order chi connectivity index (χ0) is 13.2. The molecule has 0 aliphatic heterocycles. The van der Waals surface area contributed by atoms with Crippen molar-refractivity contribution in [2.24, 2.45) is 0 Å². The number of benzene rings is 1. The number of halogens is 1. The van der Waals surface area contributed by atoms with Gasteiger partial charge < -0.3 is 4.57 Å². The van der Waals surface area contributed by atoms with Gasteiger partial charge in [0.15, 0.2) is 0 Å². The molecule has 0 spiro atoms. The molecule has 0 fully saturated rings. The number of aryl methyl sites for hydroxylation is 1. The Labute approximate surface area is 116 Å². The molecule has 0 radical (unpaired) electrons. The van der Waals surface area contributed by atoms with Crippen molar-refractivity contribution in [1.29, 1.82) is 0 Å². The Balaban J connectivity index is 2.17. The number of nitrogens with zero attached hydrogens (tertiary/aromatic N) is 3. The van der Waals surface area contributed by atoms with Gasteiger partial charge in [0, 0.05) is 24.2 Å². The number of imidazole rings is 1. The molecule has 0 bridgehead atoms. The Bertz CT molecular complexity index is 701. The second kappa shape index (κ2) is 5.02. The molecule has 0 saturated heterocycles. The van der Waals surface area contributed by atoms with Crippen molar-refractivity contribution in [1.82, 2.24) is 14.5 Å². The maximum absolute atomic E-state index is 5.82. The summed E-state index contributed by atoms with van der Waals surface area (Å²) in [6.45, 7) is 3.01. The van der Waals surface area contributed by atoms with Crippen molar-refractivity contribution < 1.29 is 0 Å². The van der Waals surface area contributed by atoms with Crippen LogP contribution < -0.4 is 0 Å². The number of hydrogen-bond donors (Lipinski definition) is 0. The lowest BCUT2D eigenvalue weighted by molar-refractivity contribution is 0.796. The molecule has 19 heavy (non-hydrogen) atoms. The summed E-state index contributed by atoms with van der Waals surface area (Å²) in [7, 11) is 0. The Morgan fingerprint density at radius 1 is 1.16 bits per heavy atom. The number of rotatable bonds is 3. The number of pyridine rings is 1. The number of hydrogen-bond acceptors (Lipinski definition) is 2. The second-order valence-corrected chi connectivity index (χ2v) is 4.64.